The molecule has 0 aliphatic heterocycles. The summed E-state index contributed by atoms with van der Waals surface area (Å²) in [5.41, 5.74) is 0.811. The summed E-state index contributed by atoms with van der Waals surface area (Å²) in [6.45, 7) is 7.18. The van der Waals surface area contributed by atoms with Crippen LogP contribution in [-0.2, 0) is 24.1 Å². The number of hydrogen-bond donors (Lipinski definition) is 0. The van der Waals surface area contributed by atoms with Gasteiger partial charge in [0.2, 0.25) is 5.91 Å². The lowest BCUT2D eigenvalue weighted by atomic mass is 10.1. The standard InChI is InChI=1S/C28H39F3N2O/c1-3-5-6-7-8-9-10-11-12-18-27(34)33(19-4-2)23-26-17-14-20-32(26)22-24-15-13-16-25(21-24)28(29,30)31/h4,13-17,20-21H,2-3,5-12,18-19,22-23H2,1H3. The van der Waals surface area contributed by atoms with E-state index in [1.54, 1.807) is 17.0 Å². The maximum atomic E-state index is 13.0. The maximum absolute atomic E-state index is 13.0. The van der Waals surface area contributed by atoms with Crippen LogP contribution in [0.2, 0.25) is 0 Å². The van der Waals surface area contributed by atoms with Crippen molar-refractivity contribution >= 4 is 5.91 Å². The second-order valence-electron chi connectivity index (χ2n) is 8.97. The van der Waals surface area contributed by atoms with E-state index >= 15 is 0 Å². The number of aromatic nitrogens is 1. The number of carbonyl (C=O) groups is 1. The summed E-state index contributed by atoms with van der Waals surface area (Å²) in [5.74, 6) is 0.0923. The Hall–Kier alpha value is -2.50. The molecule has 0 fully saturated rings. The molecular weight excluding hydrogens is 437 g/mol. The number of carbonyl (C=O) groups excluding carboxylic acids is 1. The molecule has 1 heterocycles. The second-order valence-corrected chi connectivity index (χ2v) is 8.97. The van der Waals surface area contributed by atoms with Gasteiger partial charge in [-0.05, 0) is 36.2 Å². The minimum absolute atomic E-state index is 0.0923. The van der Waals surface area contributed by atoms with Gasteiger partial charge >= 0.3 is 6.18 Å². The van der Waals surface area contributed by atoms with Crippen LogP contribution >= 0.6 is 0 Å². The molecule has 0 radical (unpaired) electrons. The zero-order chi connectivity index (χ0) is 24.8. The molecule has 6 heteroatoms. The highest BCUT2D eigenvalue weighted by atomic mass is 19.4. The summed E-state index contributed by atoms with van der Waals surface area (Å²) >= 11 is 0. The molecule has 0 N–H and O–H groups in total. The van der Waals surface area contributed by atoms with Crippen molar-refractivity contribution in [2.75, 3.05) is 6.54 Å². The van der Waals surface area contributed by atoms with Crippen LogP contribution in [0.5, 0.6) is 0 Å². The summed E-state index contributed by atoms with van der Waals surface area (Å²) < 4.78 is 41.0. The van der Waals surface area contributed by atoms with Crippen LogP contribution in [0.15, 0.2) is 55.3 Å². The first-order valence-electron chi connectivity index (χ1n) is 12.5. The van der Waals surface area contributed by atoms with E-state index in [9.17, 15) is 18.0 Å². The molecular formula is C28H39F3N2O. The Morgan fingerprint density at radius 1 is 1.00 bits per heavy atom. The quantitative estimate of drug-likeness (QED) is 0.178. The predicted molar refractivity (Wildman–Crippen MR) is 132 cm³/mol. The third-order valence-corrected chi connectivity index (χ3v) is 6.08. The third-order valence-electron chi connectivity index (χ3n) is 6.08. The maximum Gasteiger partial charge on any atom is 0.416 e. The van der Waals surface area contributed by atoms with Gasteiger partial charge in [0.1, 0.15) is 0 Å². The SMILES string of the molecule is C=CCN(Cc1cccn1Cc1cccc(C(F)(F)F)c1)C(=O)CCCCCCCCCCC. The predicted octanol–water partition coefficient (Wildman–Crippen LogP) is 7.99. The average molecular weight is 477 g/mol. The summed E-state index contributed by atoms with van der Waals surface area (Å²) in [7, 11) is 0. The van der Waals surface area contributed by atoms with Crippen molar-refractivity contribution in [3.63, 3.8) is 0 Å². The summed E-state index contributed by atoms with van der Waals surface area (Å²) in [6, 6.07) is 9.16. The summed E-state index contributed by atoms with van der Waals surface area (Å²) in [5, 5.41) is 0. The largest absolute Gasteiger partial charge is 0.416 e. The molecule has 1 aromatic heterocycles. The molecule has 34 heavy (non-hydrogen) atoms. The highest BCUT2D eigenvalue weighted by molar-refractivity contribution is 5.76. The Bertz CT molecular complexity index is 873. The first kappa shape index (κ1) is 27.7. The number of rotatable bonds is 16. The number of unbranched alkanes of at least 4 members (excludes halogenated alkanes) is 8. The van der Waals surface area contributed by atoms with Crippen molar-refractivity contribution in [1.29, 1.82) is 0 Å². The zero-order valence-corrected chi connectivity index (χ0v) is 20.5. The van der Waals surface area contributed by atoms with Crippen LogP contribution in [0.3, 0.4) is 0 Å². The normalized spacial score (nSPS) is 11.5. The van der Waals surface area contributed by atoms with Crippen molar-refractivity contribution in [3.8, 4) is 0 Å². The van der Waals surface area contributed by atoms with Crippen LogP contribution in [0, 0.1) is 0 Å². The Morgan fingerprint density at radius 3 is 2.32 bits per heavy atom. The number of hydrogen-bond acceptors (Lipinski definition) is 1. The van der Waals surface area contributed by atoms with Gasteiger partial charge < -0.3 is 9.47 Å². The molecule has 3 nitrogen and oxygen atoms in total. The van der Waals surface area contributed by atoms with Gasteiger partial charge in [-0.3, -0.25) is 4.79 Å². The Morgan fingerprint density at radius 2 is 1.68 bits per heavy atom. The fraction of sp³-hybridized carbons (Fsp3) is 0.536. The molecule has 0 saturated carbocycles. The average Bonchev–Trinajstić information content (AvgIpc) is 3.23. The number of benzene rings is 1. The van der Waals surface area contributed by atoms with Crippen molar-refractivity contribution in [2.24, 2.45) is 0 Å². The highest BCUT2D eigenvalue weighted by Crippen LogP contribution is 2.29. The monoisotopic (exact) mass is 476 g/mol. The molecule has 0 bridgehead atoms. The van der Waals surface area contributed by atoms with Gasteiger partial charge in [-0.2, -0.15) is 13.2 Å². The lowest BCUT2D eigenvalue weighted by molar-refractivity contribution is -0.137. The zero-order valence-electron chi connectivity index (χ0n) is 20.5. The van der Waals surface area contributed by atoms with Crippen molar-refractivity contribution in [2.45, 2.75) is 90.4 Å². The molecule has 0 saturated heterocycles. The highest BCUT2D eigenvalue weighted by Gasteiger charge is 2.30. The fourth-order valence-electron chi connectivity index (χ4n) is 4.14. The van der Waals surface area contributed by atoms with Crippen LogP contribution in [0.1, 0.15) is 88.0 Å². The van der Waals surface area contributed by atoms with E-state index < -0.39 is 11.7 Å². The van der Waals surface area contributed by atoms with Gasteiger partial charge in [0.25, 0.3) is 0 Å². The van der Waals surface area contributed by atoms with E-state index in [4.69, 9.17) is 0 Å². The number of nitrogens with zero attached hydrogens (tertiary/aromatic N) is 2. The van der Waals surface area contributed by atoms with E-state index in [-0.39, 0.29) is 5.91 Å². The van der Waals surface area contributed by atoms with E-state index in [0.29, 0.717) is 31.6 Å². The molecule has 0 atom stereocenters. The van der Waals surface area contributed by atoms with Crippen molar-refractivity contribution in [3.05, 3.63) is 72.1 Å². The second kappa shape index (κ2) is 14.7. The van der Waals surface area contributed by atoms with E-state index in [1.165, 1.54) is 57.1 Å². The number of halogens is 3. The fourth-order valence-corrected chi connectivity index (χ4v) is 4.14. The van der Waals surface area contributed by atoms with Gasteiger partial charge in [-0.1, -0.05) is 76.5 Å². The third kappa shape index (κ3) is 9.78. The topological polar surface area (TPSA) is 25.2 Å². The Labute approximate surface area is 202 Å². The Balaban J connectivity index is 1.86. The van der Waals surface area contributed by atoms with Gasteiger partial charge in [0.15, 0.2) is 0 Å². The molecule has 2 rings (SSSR count). The smallest absolute Gasteiger partial charge is 0.345 e. The van der Waals surface area contributed by atoms with Crippen LogP contribution < -0.4 is 0 Å². The van der Waals surface area contributed by atoms with E-state index in [2.05, 4.69) is 13.5 Å². The van der Waals surface area contributed by atoms with Crippen LogP contribution in [0.4, 0.5) is 13.2 Å². The molecule has 0 aliphatic rings. The van der Waals surface area contributed by atoms with Gasteiger partial charge in [0, 0.05) is 31.4 Å². The van der Waals surface area contributed by atoms with Gasteiger partial charge in [-0.25, -0.2) is 0 Å². The van der Waals surface area contributed by atoms with Crippen molar-refractivity contribution in [1.82, 2.24) is 9.47 Å². The minimum atomic E-state index is -4.36. The molecule has 0 spiro atoms. The summed E-state index contributed by atoms with van der Waals surface area (Å²) in [4.78, 5) is 14.6. The van der Waals surface area contributed by atoms with Gasteiger partial charge in [-0.15, -0.1) is 6.58 Å². The molecule has 0 unspecified atom stereocenters. The first-order valence-corrected chi connectivity index (χ1v) is 12.5. The lowest BCUT2D eigenvalue weighted by Crippen LogP contribution is -2.31. The number of amides is 1. The van der Waals surface area contributed by atoms with Crippen LogP contribution in [-0.4, -0.2) is 21.9 Å². The lowest BCUT2D eigenvalue weighted by Gasteiger charge is -2.22. The Kier molecular flexibility index (Phi) is 12.0. The molecule has 1 amide bonds. The van der Waals surface area contributed by atoms with Crippen molar-refractivity contribution < 1.29 is 18.0 Å². The minimum Gasteiger partial charge on any atom is -0.345 e. The first-order chi connectivity index (χ1) is 16.3. The molecule has 188 valence electrons. The van der Waals surface area contributed by atoms with E-state index in [0.717, 1.165) is 24.6 Å². The molecule has 2 aromatic rings. The number of alkyl halides is 3. The molecule has 1 aromatic carbocycles. The summed E-state index contributed by atoms with van der Waals surface area (Å²) in [6.07, 6.45) is 10.5. The van der Waals surface area contributed by atoms with E-state index in [1.807, 2.05) is 22.9 Å². The van der Waals surface area contributed by atoms with Gasteiger partial charge in [0.05, 0.1) is 12.1 Å². The van der Waals surface area contributed by atoms with Crippen LogP contribution in [0.25, 0.3) is 0 Å². The molecule has 0 aliphatic carbocycles.